The van der Waals surface area contributed by atoms with E-state index in [1.54, 1.807) is 24.6 Å². The Morgan fingerprint density at radius 3 is 2.84 bits per heavy atom. The van der Waals surface area contributed by atoms with Crippen molar-refractivity contribution in [2.24, 2.45) is 0 Å². The van der Waals surface area contributed by atoms with Crippen LogP contribution in [0.25, 0.3) is 0 Å². The highest BCUT2D eigenvalue weighted by molar-refractivity contribution is 9.10. The maximum Gasteiger partial charge on any atom is 0.182 e. The second-order valence-electron chi connectivity index (χ2n) is 5.22. The summed E-state index contributed by atoms with van der Waals surface area (Å²) in [4.78, 5) is 4.21. The first-order valence-corrected chi connectivity index (χ1v) is 9.58. The summed E-state index contributed by atoms with van der Waals surface area (Å²) >= 11 is 11.2. The van der Waals surface area contributed by atoms with Crippen LogP contribution in [0.4, 0.5) is 5.13 Å². The van der Waals surface area contributed by atoms with Gasteiger partial charge in [-0.25, -0.2) is 4.98 Å². The maximum absolute atomic E-state index is 6.01. The summed E-state index contributed by atoms with van der Waals surface area (Å²) in [5.74, 6) is 1.34. The van der Waals surface area contributed by atoms with Gasteiger partial charge in [0.1, 0.15) is 6.61 Å². The molecule has 0 atom stereocenters. The minimum absolute atomic E-state index is 0.409. The standard InChI is InChI=1S/C18H16BrClN2O2S/c1-23-16-9-13(10-22-18-21-5-6-25-18)8-15(19)17(16)24-11-12-3-2-4-14(20)7-12/h2-9H,10-11H2,1H3,(H,21,22). The van der Waals surface area contributed by atoms with Gasteiger partial charge in [-0.3, -0.25) is 0 Å². The van der Waals surface area contributed by atoms with Crippen LogP contribution < -0.4 is 14.8 Å². The van der Waals surface area contributed by atoms with Gasteiger partial charge in [0.15, 0.2) is 16.6 Å². The van der Waals surface area contributed by atoms with Crippen molar-refractivity contribution in [3.63, 3.8) is 0 Å². The summed E-state index contributed by atoms with van der Waals surface area (Å²) in [7, 11) is 1.63. The van der Waals surface area contributed by atoms with Crippen LogP contribution in [0, 0.1) is 0 Å². The topological polar surface area (TPSA) is 43.4 Å². The predicted molar refractivity (Wildman–Crippen MR) is 106 cm³/mol. The van der Waals surface area contributed by atoms with Gasteiger partial charge < -0.3 is 14.8 Å². The smallest absolute Gasteiger partial charge is 0.182 e. The van der Waals surface area contributed by atoms with E-state index in [1.807, 2.05) is 41.8 Å². The van der Waals surface area contributed by atoms with Gasteiger partial charge in [-0.1, -0.05) is 23.7 Å². The fourth-order valence-corrected chi connectivity index (χ4v) is 3.63. The molecule has 1 heterocycles. The molecular formula is C18H16BrClN2O2S. The molecule has 0 saturated heterocycles. The maximum atomic E-state index is 6.01. The average molecular weight is 440 g/mol. The third kappa shape index (κ3) is 4.87. The third-order valence-electron chi connectivity index (χ3n) is 3.44. The second kappa shape index (κ2) is 8.56. The Kier molecular flexibility index (Phi) is 6.18. The van der Waals surface area contributed by atoms with Gasteiger partial charge in [0.25, 0.3) is 0 Å². The Hall–Kier alpha value is -1.76. The van der Waals surface area contributed by atoms with Crippen LogP contribution in [-0.4, -0.2) is 12.1 Å². The van der Waals surface area contributed by atoms with Gasteiger partial charge in [-0.05, 0) is 51.3 Å². The molecule has 2 aromatic carbocycles. The number of benzene rings is 2. The van der Waals surface area contributed by atoms with Gasteiger partial charge in [0.2, 0.25) is 0 Å². The predicted octanol–water partition coefficient (Wildman–Crippen LogP) is 5.76. The zero-order chi connectivity index (χ0) is 17.6. The largest absolute Gasteiger partial charge is 0.493 e. The molecule has 0 spiro atoms. The van der Waals surface area contributed by atoms with Crippen molar-refractivity contribution in [3.8, 4) is 11.5 Å². The van der Waals surface area contributed by atoms with Gasteiger partial charge in [-0.2, -0.15) is 0 Å². The van der Waals surface area contributed by atoms with Gasteiger partial charge in [0.05, 0.1) is 11.6 Å². The van der Waals surface area contributed by atoms with Crippen LogP contribution in [0.2, 0.25) is 5.02 Å². The van der Waals surface area contributed by atoms with E-state index in [9.17, 15) is 0 Å². The zero-order valence-corrected chi connectivity index (χ0v) is 16.6. The van der Waals surface area contributed by atoms with E-state index in [0.717, 1.165) is 20.7 Å². The van der Waals surface area contributed by atoms with Crippen LogP contribution in [0.15, 0.2) is 52.4 Å². The van der Waals surface area contributed by atoms with Gasteiger partial charge in [0, 0.05) is 23.1 Å². The molecule has 0 saturated carbocycles. The lowest BCUT2D eigenvalue weighted by atomic mass is 10.2. The van der Waals surface area contributed by atoms with Crippen molar-refractivity contribution < 1.29 is 9.47 Å². The summed E-state index contributed by atoms with van der Waals surface area (Å²) in [6.07, 6.45) is 1.77. The molecule has 0 amide bonds. The summed E-state index contributed by atoms with van der Waals surface area (Å²) in [6.45, 7) is 1.06. The minimum atomic E-state index is 0.409. The van der Waals surface area contributed by atoms with Crippen molar-refractivity contribution in [3.05, 3.63) is 68.6 Å². The van der Waals surface area contributed by atoms with Crippen LogP contribution in [0.5, 0.6) is 11.5 Å². The number of aromatic nitrogens is 1. The molecule has 0 aliphatic heterocycles. The lowest BCUT2D eigenvalue weighted by Gasteiger charge is -2.15. The molecule has 4 nitrogen and oxygen atoms in total. The first-order chi connectivity index (χ1) is 12.2. The number of rotatable bonds is 7. The van der Waals surface area contributed by atoms with Crippen LogP contribution in [0.1, 0.15) is 11.1 Å². The number of anilines is 1. The SMILES string of the molecule is COc1cc(CNc2nccs2)cc(Br)c1OCc1cccc(Cl)c1. The molecule has 25 heavy (non-hydrogen) atoms. The number of nitrogens with one attached hydrogen (secondary N) is 1. The van der Waals surface area contributed by atoms with Crippen LogP contribution >= 0.6 is 38.9 Å². The van der Waals surface area contributed by atoms with E-state index < -0.39 is 0 Å². The average Bonchev–Trinajstić information content (AvgIpc) is 3.12. The van der Waals surface area contributed by atoms with Crippen molar-refractivity contribution in [2.45, 2.75) is 13.2 Å². The van der Waals surface area contributed by atoms with E-state index in [2.05, 4.69) is 26.2 Å². The molecule has 1 aromatic heterocycles. The molecule has 0 unspecified atom stereocenters. The minimum Gasteiger partial charge on any atom is -0.493 e. The first kappa shape index (κ1) is 18.0. The Morgan fingerprint density at radius 1 is 1.24 bits per heavy atom. The zero-order valence-electron chi connectivity index (χ0n) is 13.5. The Balaban J connectivity index is 1.72. The number of hydrogen-bond donors (Lipinski definition) is 1. The molecule has 0 bridgehead atoms. The molecule has 0 aliphatic rings. The lowest BCUT2D eigenvalue weighted by molar-refractivity contribution is 0.282. The Bertz CT molecular complexity index is 843. The van der Waals surface area contributed by atoms with Crippen molar-refractivity contribution in [1.82, 2.24) is 4.98 Å². The number of ether oxygens (including phenoxy) is 2. The third-order valence-corrected chi connectivity index (χ3v) is 4.99. The monoisotopic (exact) mass is 438 g/mol. The van der Waals surface area contributed by atoms with Crippen LogP contribution in [0.3, 0.4) is 0 Å². The summed E-state index contributed by atoms with van der Waals surface area (Å²) < 4.78 is 12.3. The fourth-order valence-electron chi connectivity index (χ4n) is 2.29. The molecule has 130 valence electrons. The Labute approximate surface area is 163 Å². The molecule has 3 aromatic rings. The first-order valence-electron chi connectivity index (χ1n) is 7.52. The molecule has 1 N–H and O–H groups in total. The summed E-state index contributed by atoms with van der Waals surface area (Å²) in [5, 5.41) is 6.79. The van der Waals surface area contributed by atoms with Gasteiger partial charge in [-0.15, -0.1) is 11.3 Å². The van der Waals surface area contributed by atoms with E-state index in [0.29, 0.717) is 29.7 Å². The van der Waals surface area contributed by atoms with Gasteiger partial charge >= 0.3 is 0 Å². The molecule has 0 radical (unpaired) electrons. The van der Waals surface area contributed by atoms with Crippen molar-refractivity contribution >= 4 is 44.0 Å². The van der Waals surface area contributed by atoms with Crippen molar-refractivity contribution in [2.75, 3.05) is 12.4 Å². The van der Waals surface area contributed by atoms with E-state index in [1.165, 1.54) is 0 Å². The second-order valence-corrected chi connectivity index (χ2v) is 7.40. The Morgan fingerprint density at radius 2 is 2.12 bits per heavy atom. The van der Waals surface area contributed by atoms with E-state index in [-0.39, 0.29) is 0 Å². The molecule has 0 fully saturated rings. The number of thiazole rings is 1. The fraction of sp³-hybridized carbons (Fsp3) is 0.167. The highest BCUT2D eigenvalue weighted by atomic mass is 79.9. The van der Waals surface area contributed by atoms with Crippen molar-refractivity contribution in [1.29, 1.82) is 0 Å². The molecule has 0 aliphatic carbocycles. The van der Waals surface area contributed by atoms with E-state index >= 15 is 0 Å². The normalized spacial score (nSPS) is 10.5. The lowest BCUT2D eigenvalue weighted by Crippen LogP contribution is -2.02. The highest BCUT2D eigenvalue weighted by Gasteiger charge is 2.12. The number of nitrogens with zero attached hydrogens (tertiary/aromatic N) is 1. The quantitative estimate of drug-likeness (QED) is 0.508. The number of halogens is 2. The molecule has 7 heteroatoms. The number of methoxy groups -OCH3 is 1. The summed E-state index contributed by atoms with van der Waals surface area (Å²) in [5.41, 5.74) is 2.06. The number of hydrogen-bond acceptors (Lipinski definition) is 5. The highest BCUT2D eigenvalue weighted by Crippen LogP contribution is 2.37. The molecule has 3 rings (SSSR count). The molecular weight excluding hydrogens is 424 g/mol. The van der Waals surface area contributed by atoms with Crippen LogP contribution in [-0.2, 0) is 13.2 Å². The summed E-state index contributed by atoms with van der Waals surface area (Å²) in [6, 6.07) is 11.6. The van der Waals surface area contributed by atoms with E-state index in [4.69, 9.17) is 21.1 Å².